The summed E-state index contributed by atoms with van der Waals surface area (Å²) in [6, 6.07) is 23.5. The number of hydrogen-bond acceptors (Lipinski definition) is 4. The molecule has 0 spiro atoms. The Morgan fingerprint density at radius 2 is 1.76 bits per heavy atom. The van der Waals surface area contributed by atoms with Crippen LogP contribution in [0.25, 0.3) is 22.2 Å². The van der Waals surface area contributed by atoms with Gasteiger partial charge in [-0.3, -0.25) is 9.48 Å². The van der Waals surface area contributed by atoms with Gasteiger partial charge in [0.25, 0.3) is 5.91 Å². The molecule has 1 aliphatic rings. The maximum atomic E-state index is 12.9. The number of aryl methyl sites for hydroxylation is 1. The number of carbonyl (C=O) groups excluding carboxylic acids is 1. The molecule has 0 N–H and O–H groups in total. The summed E-state index contributed by atoms with van der Waals surface area (Å²) in [5.74, 6) is 0.557. The Kier molecular flexibility index (Phi) is 4.24. The number of pyridine rings is 1. The van der Waals surface area contributed by atoms with Crippen molar-refractivity contribution in [3.63, 3.8) is 0 Å². The molecule has 0 saturated carbocycles. The normalized spacial score (nSPS) is 14.0. The zero-order valence-corrected chi connectivity index (χ0v) is 16.0. The van der Waals surface area contributed by atoms with Gasteiger partial charge in [-0.1, -0.05) is 48.5 Å². The number of nitrogens with zero attached hydrogens (tertiary/aromatic N) is 4. The molecule has 4 aromatic rings. The lowest BCUT2D eigenvalue weighted by Crippen LogP contribution is -2.56. The predicted octanol–water partition coefficient (Wildman–Crippen LogP) is 3.54. The van der Waals surface area contributed by atoms with E-state index in [1.165, 1.54) is 0 Å². The fourth-order valence-electron chi connectivity index (χ4n) is 3.54. The van der Waals surface area contributed by atoms with E-state index >= 15 is 0 Å². The summed E-state index contributed by atoms with van der Waals surface area (Å²) in [7, 11) is 1.80. The van der Waals surface area contributed by atoms with Crippen LogP contribution in [0.2, 0.25) is 0 Å². The van der Waals surface area contributed by atoms with Crippen LogP contribution in [0, 0.1) is 0 Å². The zero-order chi connectivity index (χ0) is 19.8. The fourth-order valence-corrected chi connectivity index (χ4v) is 3.54. The van der Waals surface area contributed by atoms with Crippen molar-refractivity contribution >= 4 is 16.8 Å². The molecule has 3 heterocycles. The third-order valence-electron chi connectivity index (χ3n) is 5.16. The quantitative estimate of drug-likeness (QED) is 0.540. The molecular weight excluding hydrogens is 364 g/mol. The van der Waals surface area contributed by atoms with E-state index in [-0.39, 0.29) is 12.0 Å². The van der Waals surface area contributed by atoms with E-state index in [1.807, 2.05) is 72.8 Å². The Morgan fingerprint density at radius 1 is 1.00 bits per heavy atom. The first-order chi connectivity index (χ1) is 14.2. The number of para-hydroxylation sites is 1. The molecule has 0 aliphatic carbocycles. The molecule has 5 rings (SSSR count). The number of amides is 1. The summed E-state index contributed by atoms with van der Waals surface area (Å²) in [6.45, 7) is 1.08. The highest BCUT2D eigenvalue weighted by Crippen LogP contribution is 2.23. The molecule has 0 bridgehead atoms. The van der Waals surface area contributed by atoms with Crippen molar-refractivity contribution < 1.29 is 9.53 Å². The van der Waals surface area contributed by atoms with Gasteiger partial charge in [0.2, 0.25) is 5.88 Å². The number of likely N-dealkylation sites (tertiary alicyclic amines) is 1. The molecule has 2 aromatic carbocycles. The molecule has 6 heteroatoms. The van der Waals surface area contributed by atoms with E-state index in [4.69, 9.17) is 4.74 Å². The highest BCUT2D eigenvalue weighted by molar-refractivity contribution is 5.94. The molecule has 144 valence electrons. The van der Waals surface area contributed by atoms with Crippen molar-refractivity contribution in [2.45, 2.75) is 6.10 Å². The smallest absolute Gasteiger partial charge is 0.272 e. The van der Waals surface area contributed by atoms with Crippen molar-refractivity contribution in [1.29, 1.82) is 0 Å². The highest BCUT2D eigenvalue weighted by atomic mass is 16.5. The minimum atomic E-state index is -0.0468. The first kappa shape index (κ1) is 17.4. The molecule has 1 saturated heterocycles. The SMILES string of the molecule is Cn1nc(-c2ccccc2)cc1C(=O)N1CC(Oc2ccc3ccccc3n2)C1. The number of hydrogen-bond donors (Lipinski definition) is 0. The fraction of sp³-hybridized carbons (Fsp3) is 0.174. The second kappa shape index (κ2) is 7.05. The van der Waals surface area contributed by atoms with Crippen LogP contribution in [0.4, 0.5) is 0 Å². The standard InChI is InChI=1S/C23H20N4O2/c1-26-21(13-20(25-26)16-7-3-2-4-8-16)23(28)27-14-18(15-27)29-22-12-11-17-9-5-6-10-19(17)24-22/h2-13,18H,14-15H2,1H3. The van der Waals surface area contributed by atoms with Crippen LogP contribution in [0.15, 0.2) is 72.8 Å². The van der Waals surface area contributed by atoms with Crippen molar-refractivity contribution in [1.82, 2.24) is 19.7 Å². The van der Waals surface area contributed by atoms with Crippen molar-refractivity contribution in [2.24, 2.45) is 7.05 Å². The van der Waals surface area contributed by atoms with Crippen LogP contribution in [-0.4, -0.2) is 44.8 Å². The summed E-state index contributed by atoms with van der Waals surface area (Å²) < 4.78 is 7.59. The lowest BCUT2D eigenvalue weighted by Gasteiger charge is -2.38. The maximum Gasteiger partial charge on any atom is 0.272 e. The Balaban J connectivity index is 1.25. The lowest BCUT2D eigenvalue weighted by molar-refractivity contribution is 0.0153. The van der Waals surface area contributed by atoms with Gasteiger partial charge in [-0.25, -0.2) is 4.98 Å². The summed E-state index contributed by atoms with van der Waals surface area (Å²) in [4.78, 5) is 19.2. The second-order valence-corrected chi connectivity index (χ2v) is 7.20. The topological polar surface area (TPSA) is 60.2 Å². The third-order valence-corrected chi connectivity index (χ3v) is 5.16. The number of rotatable bonds is 4. The number of ether oxygens (including phenoxy) is 1. The molecular formula is C23H20N4O2. The minimum Gasteiger partial charge on any atom is -0.471 e. The summed E-state index contributed by atoms with van der Waals surface area (Å²) >= 11 is 0. The number of fused-ring (bicyclic) bond motifs is 1. The lowest BCUT2D eigenvalue weighted by atomic mass is 10.1. The minimum absolute atomic E-state index is 0.0338. The molecule has 0 unspecified atom stereocenters. The molecule has 29 heavy (non-hydrogen) atoms. The molecule has 6 nitrogen and oxygen atoms in total. The van der Waals surface area contributed by atoms with Gasteiger partial charge in [0, 0.05) is 24.1 Å². The predicted molar refractivity (Wildman–Crippen MR) is 111 cm³/mol. The number of aromatic nitrogens is 3. The largest absolute Gasteiger partial charge is 0.471 e. The Morgan fingerprint density at radius 3 is 2.59 bits per heavy atom. The van der Waals surface area contributed by atoms with E-state index in [1.54, 1.807) is 16.6 Å². The van der Waals surface area contributed by atoms with E-state index in [9.17, 15) is 4.79 Å². The molecule has 1 amide bonds. The van der Waals surface area contributed by atoms with Crippen LogP contribution in [0.3, 0.4) is 0 Å². The number of carbonyl (C=O) groups is 1. The molecule has 1 fully saturated rings. The summed E-state index contributed by atoms with van der Waals surface area (Å²) in [5.41, 5.74) is 3.27. The van der Waals surface area contributed by atoms with Gasteiger partial charge < -0.3 is 9.64 Å². The first-order valence-corrected chi connectivity index (χ1v) is 9.58. The monoisotopic (exact) mass is 384 g/mol. The second-order valence-electron chi connectivity index (χ2n) is 7.20. The third kappa shape index (κ3) is 3.33. The van der Waals surface area contributed by atoms with Crippen LogP contribution in [-0.2, 0) is 7.05 Å². The van der Waals surface area contributed by atoms with Gasteiger partial charge in [0.15, 0.2) is 0 Å². The Hall–Kier alpha value is -3.67. The average molecular weight is 384 g/mol. The number of benzene rings is 2. The Bertz CT molecular complexity index is 1180. The molecule has 2 aromatic heterocycles. The highest BCUT2D eigenvalue weighted by Gasteiger charge is 2.34. The maximum absolute atomic E-state index is 12.9. The van der Waals surface area contributed by atoms with E-state index in [2.05, 4.69) is 10.1 Å². The average Bonchev–Trinajstić information content (AvgIpc) is 3.12. The van der Waals surface area contributed by atoms with Crippen LogP contribution in [0.1, 0.15) is 10.5 Å². The summed E-state index contributed by atoms with van der Waals surface area (Å²) in [6.07, 6.45) is -0.0468. The van der Waals surface area contributed by atoms with Gasteiger partial charge >= 0.3 is 0 Å². The van der Waals surface area contributed by atoms with Gasteiger partial charge in [-0.05, 0) is 18.2 Å². The van der Waals surface area contributed by atoms with E-state index < -0.39 is 0 Å². The van der Waals surface area contributed by atoms with E-state index in [0.717, 1.165) is 22.2 Å². The molecule has 0 atom stereocenters. The zero-order valence-electron chi connectivity index (χ0n) is 16.0. The Labute approximate surface area is 168 Å². The van der Waals surface area contributed by atoms with Crippen LogP contribution >= 0.6 is 0 Å². The van der Waals surface area contributed by atoms with Gasteiger partial charge in [0.1, 0.15) is 11.8 Å². The van der Waals surface area contributed by atoms with Gasteiger partial charge in [-0.15, -0.1) is 0 Å². The van der Waals surface area contributed by atoms with Crippen molar-refractivity contribution in [3.05, 3.63) is 78.5 Å². The first-order valence-electron chi connectivity index (χ1n) is 9.58. The van der Waals surface area contributed by atoms with Crippen LogP contribution in [0.5, 0.6) is 5.88 Å². The summed E-state index contributed by atoms with van der Waals surface area (Å²) in [5, 5.41) is 5.57. The molecule has 0 radical (unpaired) electrons. The molecule has 1 aliphatic heterocycles. The van der Waals surface area contributed by atoms with Crippen molar-refractivity contribution in [2.75, 3.05) is 13.1 Å². The van der Waals surface area contributed by atoms with E-state index in [0.29, 0.717) is 24.7 Å². The van der Waals surface area contributed by atoms with Gasteiger partial charge in [-0.2, -0.15) is 5.10 Å². The van der Waals surface area contributed by atoms with Crippen molar-refractivity contribution in [3.8, 4) is 17.1 Å². The van der Waals surface area contributed by atoms with Gasteiger partial charge in [0.05, 0.1) is 24.3 Å². The van der Waals surface area contributed by atoms with Crippen LogP contribution < -0.4 is 4.74 Å².